The van der Waals surface area contributed by atoms with Gasteiger partial charge in [0.15, 0.2) is 0 Å². The van der Waals surface area contributed by atoms with E-state index >= 15 is 0 Å². The second-order valence-electron chi connectivity index (χ2n) is 5.45. The van der Waals surface area contributed by atoms with Crippen LogP contribution in [0.3, 0.4) is 0 Å². The van der Waals surface area contributed by atoms with Crippen molar-refractivity contribution in [1.82, 2.24) is 0 Å². The van der Waals surface area contributed by atoms with Crippen LogP contribution in [0, 0.1) is 5.92 Å². The van der Waals surface area contributed by atoms with Gasteiger partial charge in [-0.3, -0.25) is 0 Å². The highest BCUT2D eigenvalue weighted by molar-refractivity contribution is 5.37. The van der Waals surface area contributed by atoms with Gasteiger partial charge in [-0.05, 0) is 37.2 Å². The van der Waals surface area contributed by atoms with Crippen LogP contribution in [0.1, 0.15) is 31.2 Å². The van der Waals surface area contributed by atoms with Gasteiger partial charge in [0.2, 0.25) is 0 Å². The smallest absolute Gasteiger partial charge is 0.0431 e. The number of hydrogen-bond donors (Lipinski definition) is 2. The fourth-order valence-electron chi connectivity index (χ4n) is 3.23. The molecular formula is C18H24O2. The first-order valence-electron chi connectivity index (χ1n) is 7.47. The molecule has 0 aromatic heterocycles. The highest BCUT2D eigenvalue weighted by Gasteiger charge is 2.36. The van der Waals surface area contributed by atoms with E-state index in [9.17, 15) is 5.11 Å². The van der Waals surface area contributed by atoms with E-state index in [1.165, 1.54) is 5.56 Å². The first-order chi connectivity index (χ1) is 9.83. The third-order valence-corrected chi connectivity index (χ3v) is 4.24. The summed E-state index contributed by atoms with van der Waals surface area (Å²) in [5.74, 6) is 0.383. The summed E-state index contributed by atoms with van der Waals surface area (Å²) in [7, 11) is 0. The first kappa shape index (κ1) is 15.0. The van der Waals surface area contributed by atoms with E-state index < -0.39 is 0 Å². The maximum atomic E-state index is 9.24. The molecule has 2 nitrogen and oxygen atoms in total. The molecule has 0 radical (unpaired) electrons. The highest BCUT2D eigenvalue weighted by atomic mass is 16.3. The molecule has 1 aliphatic rings. The van der Waals surface area contributed by atoms with Crippen molar-refractivity contribution in [1.29, 1.82) is 0 Å². The molecule has 1 aliphatic carbocycles. The Morgan fingerprint density at radius 3 is 2.40 bits per heavy atom. The quantitative estimate of drug-likeness (QED) is 0.800. The van der Waals surface area contributed by atoms with E-state index in [1.807, 2.05) is 6.07 Å². The maximum absolute atomic E-state index is 9.24. The average Bonchev–Trinajstić information content (AvgIpc) is 2.52. The van der Waals surface area contributed by atoms with Gasteiger partial charge in [0.05, 0.1) is 0 Å². The molecule has 108 valence electrons. The summed E-state index contributed by atoms with van der Waals surface area (Å²) in [6.07, 6.45) is 12.3. The van der Waals surface area contributed by atoms with Gasteiger partial charge >= 0.3 is 0 Å². The minimum absolute atomic E-state index is 0.0477. The lowest BCUT2D eigenvalue weighted by Gasteiger charge is -2.39. The minimum atomic E-state index is -0.0477. The Labute approximate surface area is 121 Å². The Morgan fingerprint density at radius 1 is 0.950 bits per heavy atom. The van der Waals surface area contributed by atoms with Crippen molar-refractivity contribution in [2.75, 3.05) is 13.2 Å². The molecule has 0 saturated heterocycles. The largest absolute Gasteiger partial charge is 0.396 e. The van der Waals surface area contributed by atoms with Gasteiger partial charge in [0, 0.05) is 18.6 Å². The molecule has 0 bridgehead atoms. The molecular weight excluding hydrogens is 248 g/mol. The Morgan fingerprint density at radius 2 is 1.70 bits per heavy atom. The van der Waals surface area contributed by atoms with Gasteiger partial charge in [-0.2, -0.15) is 0 Å². The lowest BCUT2D eigenvalue weighted by Crippen LogP contribution is -2.34. The molecule has 1 aromatic carbocycles. The molecule has 0 fully saturated rings. The monoisotopic (exact) mass is 272 g/mol. The van der Waals surface area contributed by atoms with E-state index in [4.69, 9.17) is 5.11 Å². The SMILES string of the molecule is OCCCC1C=CC=CC1(CCCO)c1ccccc1. The number of hydrogen-bond acceptors (Lipinski definition) is 2. The van der Waals surface area contributed by atoms with E-state index in [1.54, 1.807) is 0 Å². The molecule has 0 heterocycles. The third-order valence-electron chi connectivity index (χ3n) is 4.24. The Hall–Kier alpha value is -1.38. The van der Waals surface area contributed by atoms with E-state index in [0.717, 1.165) is 25.7 Å². The fourth-order valence-corrected chi connectivity index (χ4v) is 3.23. The zero-order valence-corrected chi connectivity index (χ0v) is 11.9. The van der Waals surface area contributed by atoms with Crippen molar-refractivity contribution >= 4 is 0 Å². The third kappa shape index (κ3) is 3.20. The van der Waals surface area contributed by atoms with Gasteiger partial charge in [-0.15, -0.1) is 0 Å². The van der Waals surface area contributed by atoms with Gasteiger partial charge in [-0.1, -0.05) is 54.6 Å². The van der Waals surface area contributed by atoms with Crippen molar-refractivity contribution < 1.29 is 10.2 Å². The van der Waals surface area contributed by atoms with Crippen molar-refractivity contribution in [3.8, 4) is 0 Å². The average molecular weight is 272 g/mol. The van der Waals surface area contributed by atoms with Crippen LogP contribution in [0.15, 0.2) is 54.6 Å². The molecule has 0 saturated carbocycles. The Bertz CT molecular complexity index is 450. The van der Waals surface area contributed by atoms with Crippen molar-refractivity contribution in [2.24, 2.45) is 5.92 Å². The molecule has 2 unspecified atom stereocenters. The van der Waals surface area contributed by atoms with Crippen LogP contribution in [-0.4, -0.2) is 23.4 Å². The van der Waals surface area contributed by atoms with E-state index in [2.05, 4.69) is 48.6 Å². The van der Waals surface area contributed by atoms with E-state index in [-0.39, 0.29) is 18.6 Å². The van der Waals surface area contributed by atoms with Crippen LogP contribution in [0.4, 0.5) is 0 Å². The summed E-state index contributed by atoms with van der Waals surface area (Å²) in [5, 5.41) is 18.4. The highest BCUT2D eigenvalue weighted by Crippen LogP contribution is 2.43. The van der Waals surface area contributed by atoms with Gasteiger partial charge < -0.3 is 10.2 Å². The zero-order chi connectivity index (χ0) is 14.3. The van der Waals surface area contributed by atoms with Gasteiger partial charge in [-0.25, -0.2) is 0 Å². The Kier molecular flexibility index (Phi) is 5.57. The first-order valence-corrected chi connectivity index (χ1v) is 7.47. The second kappa shape index (κ2) is 7.41. The van der Waals surface area contributed by atoms with Crippen molar-refractivity contribution in [3.63, 3.8) is 0 Å². The molecule has 0 amide bonds. The number of aliphatic hydroxyl groups excluding tert-OH is 2. The number of allylic oxidation sites excluding steroid dienone is 4. The number of benzene rings is 1. The van der Waals surface area contributed by atoms with E-state index in [0.29, 0.717) is 5.92 Å². The lowest BCUT2D eigenvalue weighted by atomic mass is 9.64. The standard InChI is InChI=1S/C18H24O2/c19-14-6-11-17-10-4-5-12-18(17,13-7-15-20)16-8-2-1-3-9-16/h1-5,8-10,12,17,19-20H,6-7,11,13-15H2. The molecule has 2 N–H and O–H groups in total. The lowest BCUT2D eigenvalue weighted by molar-refractivity contribution is 0.235. The summed E-state index contributed by atoms with van der Waals surface area (Å²) in [4.78, 5) is 0. The predicted molar refractivity (Wildman–Crippen MR) is 82.5 cm³/mol. The summed E-state index contributed by atoms with van der Waals surface area (Å²) < 4.78 is 0. The number of rotatable bonds is 7. The number of aliphatic hydroxyl groups is 2. The molecule has 2 rings (SSSR count). The Balaban J connectivity index is 2.33. The summed E-state index contributed by atoms with van der Waals surface area (Å²) >= 11 is 0. The molecule has 1 aromatic rings. The van der Waals surface area contributed by atoms with Crippen LogP contribution in [-0.2, 0) is 5.41 Å². The summed E-state index contributed by atoms with van der Waals surface area (Å²) in [6, 6.07) is 10.5. The van der Waals surface area contributed by atoms with Crippen molar-refractivity contribution in [3.05, 3.63) is 60.2 Å². The molecule has 20 heavy (non-hydrogen) atoms. The molecule has 0 aliphatic heterocycles. The van der Waals surface area contributed by atoms with Crippen LogP contribution >= 0.6 is 0 Å². The summed E-state index contributed by atoms with van der Waals surface area (Å²) in [5.41, 5.74) is 1.26. The minimum Gasteiger partial charge on any atom is -0.396 e. The van der Waals surface area contributed by atoms with Crippen LogP contribution in [0.25, 0.3) is 0 Å². The molecule has 0 spiro atoms. The van der Waals surface area contributed by atoms with Crippen LogP contribution in [0.5, 0.6) is 0 Å². The summed E-state index contributed by atoms with van der Waals surface area (Å²) in [6.45, 7) is 0.456. The second-order valence-corrected chi connectivity index (χ2v) is 5.45. The normalized spacial score (nSPS) is 25.0. The topological polar surface area (TPSA) is 40.5 Å². The zero-order valence-electron chi connectivity index (χ0n) is 11.9. The predicted octanol–water partition coefficient (Wildman–Crippen LogP) is 3.21. The molecule has 2 heteroatoms. The van der Waals surface area contributed by atoms with Crippen molar-refractivity contribution in [2.45, 2.75) is 31.1 Å². The van der Waals surface area contributed by atoms with Crippen LogP contribution < -0.4 is 0 Å². The fraction of sp³-hybridized carbons (Fsp3) is 0.444. The van der Waals surface area contributed by atoms with Gasteiger partial charge in [0.25, 0.3) is 0 Å². The van der Waals surface area contributed by atoms with Crippen LogP contribution in [0.2, 0.25) is 0 Å². The maximum Gasteiger partial charge on any atom is 0.0431 e. The van der Waals surface area contributed by atoms with Gasteiger partial charge in [0.1, 0.15) is 0 Å². The molecule has 2 atom stereocenters.